The smallest absolute Gasteiger partial charge is 0.254 e. The molecule has 7 nitrogen and oxygen atoms in total. The van der Waals surface area contributed by atoms with E-state index in [1.165, 1.54) is 12.4 Å². The third kappa shape index (κ3) is 5.38. The predicted molar refractivity (Wildman–Crippen MR) is 96.4 cm³/mol. The summed E-state index contributed by atoms with van der Waals surface area (Å²) < 4.78 is 5.30. The lowest BCUT2D eigenvalue weighted by molar-refractivity contribution is 0.0383. The topological polar surface area (TPSA) is 79.4 Å². The molecule has 1 aromatic carbocycles. The van der Waals surface area contributed by atoms with E-state index in [9.17, 15) is 4.79 Å². The van der Waals surface area contributed by atoms with Crippen molar-refractivity contribution < 1.29 is 9.53 Å². The number of carbonyl (C=O) groups is 1. The van der Waals surface area contributed by atoms with E-state index in [-0.39, 0.29) is 5.91 Å². The third-order valence-electron chi connectivity index (χ3n) is 3.83. The minimum absolute atomic E-state index is 0.175. The van der Waals surface area contributed by atoms with Gasteiger partial charge in [-0.05, 0) is 24.3 Å². The van der Waals surface area contributed by atoms with Gasteiger partial charge in [-0.1, -0.05) is 11.6 Å². The van der Waals surface area contributed by atoms with E-state index >= 15 is 0 Å². The van der Waals surface area contributed by atoms with Gasteiger partial charge < -0.3 is 15.4 Å². The monoisotopic (exact) mass is 361 g/mol. The lowest BCUT2D eigenvalue weighted by atomic mass is 10.3. The van der Waals surface area contributed by atoms with Crippen LogP contribution in [0.3, 0.4) is 0 Å². The zero-order valence-electron chi connectivity index (χ0n) is 13.7. The summed E-state index contributed by atoms with van der Waals surface area (Å²) in [6.07, 6.45) is 3.02. The summed E-state index contributed by atoms with van der Waals surface area (Å²) in [7, 11) is 0. The van der Waals surface area contributed by atoms with E-state index in [1.54, 1.807) is 12.1 Å². The van der Waals surface area contributed by atoms with Crippen molar-refractivity contribution in [2.75, 3.05) is 44.7 Å². The zero-order chi connectivity index (χ0) is 17.5. The minimum Gasteiger partial charge on any atom is -0.379 e. The lowest BCUT2D eigenvalue weighted by Gasteiger charge is -2.26. The SMILES string of the molecule is O=C(NCCN1CCOCC1)c1cnc(Nc2ccc(Cl)cc2)nc1. The number of morpholine rings is 1. The molecule has 1 aliphatic rings. The maximum atomic E-state index is 12.1. The highest BCUT2D eigenvalue weighted by atomic mass is 35.5. The molecule has 1 amide bonds. The van der Waals surface area contributed by atoms with Gasteiger partial charge in [0.15, 0.2) is 0 Å². The molecule has 1 saturated heterocycles. The van der Waals surface area contributed by atoms with Crippen molar-refractivity contribution >= 4 is 29.1 Å². The Kier molecular flexibility index (Phi) is 6.16. The molecule has 0 bridgehead atoms. The molecule has 0 spiro atoms. The number of amides is 1. The third-order valence-corrected chi connectivity index (χ3v) is 4.08. The zero-order valence-corrected chi connectivity index (χ0v) is 14.5. The van der Waals surface area contributed by atoms with Gasteiger partial charge in [0.2, 0.25) is 5.95 Å². The van der Waals surface area contributed by atoms with Crippen LogP contribution < -0.4 is 10.6 Å². The Labute approximate surface area is 151 Å². The van der Waals surface area contributed by atoms with Gasteiger partial charge in [0.1, 0.15) is 0 Å². The average Bonchev–Trinajstić information content (AvgIpc) is 2.65. The van der Waals surface area contributed by atoms with Gasteiger partial charge in [0.25, 0.3) is 5.91 Å². The predicted octanol–water partition coefficient (Wildman–Crippen LogP) is 1.94. The second kappa shape index (κ2) is 8.75. The van der Waals surface area contributed by atoms with E-state index in [4.69, 9.17) is 16.3 Å². The highest BCUT2D eigenvalue weighted by Gasteiger charge is 2.11. The van der Waals surface area contributed by atoms with Gasteiger partial charge >= 0.3 is 0 Å². The Morgan fingerprint density at radius 1 is 1.16 bits per heavy atom. The molecule has 1 aromatic heterocycles. The summed E-state index contributed by atoms with van der Waals surface area (Å²) >= 11 is 5.85. The van der Waals surface area contributed by atoms with Crippen LogP contribution in [-0.4, -0.2) is 60.2 Å². The van der Waals surface area contributed by atoms with E-state index < -0.39 is 0 Å². The Morgan fingerprint density at radius 3 is 2.52 bits per heavy atom. The molecule has 1 aliphatic heterocycles. The van der Waals surface area contributed by atoms with E-state index in [1.807, 2.05) is 12.1 Å². The minimum atomic E-state index is -0.175. The van der Waals surface area contributed by atoms with E-state index in [2.05, 4.69) is 25.5 Å². The molecule has 2 aromatic rings. The molecule has 0 atom stereocenters. The van der Waals surface area contributed by atoms with Gasteiger partial charge in [-0.25, -0.2) is 9.97 Å². The summed E-state index contributed by atoms with van der Waals surface area (Å²) in [5.74, 6) is 0.249. The number of ether oxygens (including phenoxy) is 1. The Balaban J connectivity index is 1.47. The Hall–Kier alpha value is -2.22. The molecule has 2 N–H and O–H groups in total. The number of carbonyl (C=O) groups excluding carboxylic acids is 1. The number of aromatic nitrogens is 2. The van der Waals surface area contributed by atoms with Gasteiger partial charge in [-0.3, -0.25) is 9.69 Å². The number of nitrogens with zero attached hydrogens (tertiary/aromatic N) is 3. The summed E-state index contributed by atoms with van der Waals surface area (Å²) in [4.78, 5) is 22.7. The summed E-state index contributed by atoms with van der Waals surface area (Å²) in [5.41, 5.74) is 1.26. The molecule has 2 heterocycles. The molecule has 0 radical (unpaired) electrons. The van der Waals surface area contributed by atoms with Crippen LogP contribution in [-0.2, 0) is 4.74 Å². The van der Waals surface area contributed by atoms with E-state index in [0.29, 0.717) is 23.1 Å². The normalized spacial score (nSPS) is 14.9. The second-order valence-corrected chi connectivity index (χ2v) is 6.07. The molecule has 25 heavy (non-hydrogen) atoms. The highest BCUT2D eigenvalue weighted by Crippen LogP contribution is 2.16. The average molecular weight is 362 g/mol. The van der Waals surface area contributed by atoms with Crippen LogP contribution >= 0.6 is 11.6 Å². The summed E-state index contributed by atoms with van der Waals surface area (Å²) in [6, 6.07) is 7.22. The van der Waals surface area contributed by atoms with Crippen LogP contribution in [0.4, 0.5) is 11.6 Å². The van der Waals surface area contributed by atoms with Crippen LogP contribution in [0.15, 0.2) is 36.7 Å². The van der Waals surface area contributed by atoms with Crippen LogP contribution in [0, 0.1) is 0 Å². The molecular formula is C17H20ClN5O2. The summed E-state index contributed by atoms with van der Waals surface area (Å²) in [5, 5.41) is 6.60. The molecule has 8 heteroatoms. The largest absolute Gasteiger partial charge is 0.379 e. The van der Waals surface area contributed by atoms with Crippen molar-refractivity contribution in [2.45, 2.75) is 0 Å². The molecule has 3 rings (SSSR count). The standard InChI is InChI=1S/C17H20ClN5O2/c18-14-1-3-15(4-2-14)22-17-20-11-13(12-21-17)16(24)19-5-6-23-7-9-25-10-8-23/h1-4,11-12H,5-10H2,(H,19,24)(H,20,21,22). The van der Waals surface area contributed by atoms with E-state index in [0.717, 1.165) is 38.5 Å². The molecule has 132 valence electrons. The van der Waals surface area contributed by atoms with Crippen LogP contribution in [0.1, 0.15) is 10.4 Å². The van der Waals surface area contributed by atoms with Crippen molar-refractivity contribution in [3.05, 3.63) is 47.2 Å². The van der Waals surface area contributed by atoms with Crippen LogP contribution in [0.2, 0.25) is 5.02 Å². The second-order valence-electron chi connectivity index (χ2n) is 5.64. The van der Waals surface area contributed by atoms with Crippen molar-refractivity contribution in [3.8, 4) is 0 Å². The lowest BCUT2D eigenvalue weighted by Crippen LogP contribution is -2.41. The first-order valence-corrected chi connectivity index (χ1v) is 8.51. The molecule has 0 unspecified atom stereocenters. The molecule has 0 aliphatic carbocycles. The van der Waals surface area contributed by atoms with Crippen molar-refractivity contribution in [1.82, 2.24) is 20.2 Å². The van der Waals surface area contributed by atoms with Crippen LogP contribution in [0.5, 0.6) is 0 Å². The Bertz CT molecular complexity index is 687. The Morgan fingerprint density at radius 2 is 1.84 bits per heavy atom. The fraction of sp³-hybridized carbons (Fsp3) is 0.353. The number of rotatable bonds is 6. The maximum absolute atomic E-state index is 12.1. The summed E-state index contributed by atoms with van der Waals surface area (Å²) in [6.45, 7) is 4.72. The van der Waals surface area contributed by atoms with Gasteiger partial charge in [0.05, 0.1) is 18.8 Å². The quantitative estimate of drug-likeness (QED) is 0.818. The maximum Gasteiger partial charge on any atom is 0.254 e. The first-order chi connectivity index (χ1) is 12.2. The number of benzene rings is 1. The van der Waals surface area contributed by atoms with Crippen molar-refractivity contribution in [1.29, 1.82) is 0 Å². The number of anilines is 2. The first-order valence-electron chi connectivity index (χ1n) is 8.14. The van der Waals surface area contributed by atoms with Crippen molar-refractivity contribution in [3.63, 3.8) is 0 Å². The fourth-order valence-corrected chi connectivity index (χ4v) is 2.55. The fourth-order valence-electron chi connectivity index (χ4n) is 2.43. The highest BCUT2D eigenvalue weighted by molar-refractivity contribution is 6.30. The first kappa shape index (κ1) is 17.6. The number of hydrogen-bond acceptors (Lipinski definition) is 6. The number of halogens is 1. The molecule has 1 fully saturated rings. The number of hydrogen-bond donors (Lipinski definition) is 2. The van der Waals surface area contributed by atoms with Gasteiger partial charge in [-0.15, -0.1) is 0 Å². The van der Waals surface area contributed by atoms with Crippen LogP contribution in [0.25, 0.3) is 0 Å². The van der Waals surface area contributed by atoms with Gasteiger partial charge in [-0.2, -0.15) is 0 Å². The van der Waals surface area contributed by atoms with Gasteiger partial charge in [0, 0.05) is 49.3 Å². The van der Waals surface area contributed by atoms with Crippen molar-refractivity contribution in [2.24, 2.45) is 0 Å². The molecular weight excluding hydrogens is 342 g/mol. The molecule has 0 saturated carbocycles. The number of nitrogens with one attached hydrogen (secondary N) is 2.